The molecule has 2 aromatic heterocycles. The van der Waals surface area contributed by atoms with Crippen LogP contribution in [0, 0.1) is 0 Å². The average molecular weight is 259 g/mol. The molecule has 0 bridgehead atoms. The lowest BCUT2D eigenvalue weighted by Crippen LogP contribution is -2.09. The minimum atomic E-state index is -0.822. The molecule has 0 unspecified atom stereocenters. The number of rotatable bonds is 3. The molecule has 1 N–H and O–H groups in total. The van der Waals surface area contributed by atoms with E-state index >= 15 is 0 Å². The Balaban J connectivity index is 2.07. The van der Waals surface area contributed by atoms with E-state index in [-0.39, 0.29) is 6.42 Å². The van der Waals surface area contributed by atoms with Crippen molar-refractivity contribution >= 4 is 11.6 Å². The zero-order valence-electron chi connectivity index (χ0n) is 10.7. The first kappa shape index (κ1) is 12.1. The van der Waals surface area contributed by atoms with Gasteiger partial charge in [0.15, 0.2) is 5.65 Å². The van der Waals surface area contributed by atoms with Gasteiger partial charge >= 0.3 is 5.97 Å². The highest BCUT2D eigenvalue weighted by Crippen LogP contribution is 2.34. The Kier molecular flexibility index (Phi) is 3.19. The third-order valence-corrected chi connectivity index (χ3v) is 3.84. The van der Waals surface area contributed by atoms with Crippen molar-refractivity contribution in [2.45, 2.75) is 44.4 Å². The number of carboxylic acid groups (broad SMARTS) is 1. The van der Waals surface area contributed by atoms with Gasteiger partial charge in [-0.2, -0.15) is 5.10 Å². The van der Waals surface area contributed by atoms with Crippen LogP contribution in [-0.2, 0) is 11.2 Å². The SMILES string of the molecule is O=C(O)Cc1c(C2CCCCC2)nn2cccnc12. The molecule has 1 saturated carbocycles. The average Bonchev–Trinajstić information content (AvgIpc) is 2.78. The summed E-state index contributed by atoms with van der Waals surface area (Å²) >= 11 is 0. The maximum absolute atomic E-state index is 11.1. The molecule has 0 aliphatic heterocycles. The second-order valence-electron chi connectivity index (χ2n) is 5.16. The van der Waals surface area contributed by atoms with Crippen molar-refractivity contribution in [2.24, 2.45) is 0 Å². The lowest BCUT2D eigenvalue weighted by Gasteiger charge is -2.20. The maximum Gasteiger partial charge on any atom is 0.308 e. The molecule has 1 fully saturated rings. The quantitative estimate of drug-likeness (QED) is 0.919. The number of nitrogens with zero attached hydrogens (tertiary/aromatic N) is 3. The van der Waals surface area contributed by atoms with Gasteiger partial charge in [-0.1, -0.05) is 19.3 Å². The van der Waals surface area contributed by atoms with Crippen molar-refractivity contribution in [3.63, 3.8) is 0 Å². The first-order valence-corrected chi connectivity index (χ1v) is 6.79. The van der Waals surface area contributed by atoms with Crippen LogP contribution in [0.4, 0.5) is 0 Å². The molecule has 19 heavy (non-hydrogen) atoms. The predicted octanol–water partition coefficient (Wildman–Crippen LogP) is 2.40. The fraction of sp³-hybridized carbons (Fsp3) is 0.500. The van der Waals surface area contributed by atoms with E-state index in [2.05, 4.69) is 10.1 Å². The summed E-state index contributed by atoms with van der Waals surface area (Å²) in [4.78, 5) is 15.4. The van der Waals surface area contributed by atoms with Gasteiger partial charge in [0.2, 0.25) is 0 Å². The van der Waals surface area contributed by atoms with Crippen LogP contribution in [0.5, 0.6) is 0 Å². The van der Waals surface area contributed by atoms with Crippen LogP contribution in [0.1, 0.15) is 49.3 Å². The molecule has 3 rings (SSSR count). The summed E-state index contributed by atoms with van der Waals surface area (Å²) in [5.74, 6) is -0.428. The molecule has 5 heteroatoms. The lowest BCUT2D eigenvalue weighted by atomic mass is 9.85. The normalized spacial score (nSPS) is 16.8. The van der Waals surface area contributed by atoms with Gasteiger partial charge in [-0.3, -0.25) is 4.79 Å². The Morgan fingerprint density at radius 2 is 2.16 bits per heavy atom. The molecule has 0 aromatic carbocycles. The smallest absolute Gasteiger partial charge is 0.308 e. The predicted molar refractivity (Wildman–Crippen MR) is 70.2 cm³/mol. The zero-order chi connectivity index (χ0) is 13.2. The molecular weight excluding hydrogens is 242 g/mol. The monoisotopic (exact) mass is 259 g/mol. The van der Waals surface area contributed by atoms with Crippen LogP contribution in [0.2, 0.25) is 0 Å². The summed E-state index contributed by atoms with van der Waals surface area (Å²) in [6.45, 7) is 0. The molecule has 0 spiro atoms. The van der Waals surface area contributed by atoms with E-state index in [1.54, 1.807) is 10.7 Å². The first-order chi connectivity index (χ1) is 9.25. The van der Waals surface area contributed by atoms with Crippen molar-refractivity contribution in [1.29, 1.82) is 0 Å². The fourth-order valence-electron chi connectivity index (χ4n) is 2.98. The van der Waals surface area contributed by atoms with Gasteiger partial charge in [0.25, 0.3) is 0 Å². The second-order valence-corrected chi connectivity index (χ2v) is 5.16. The van der Waals surface area contributed by atoms with Crippen molar-refractivity contribution in [1.82, 2.24) is 14.6 Å². The van der Waals surface area contributed by atoms with E-state index < -0.39 is 5.97 Å². The Bertz CT molecular complexity index is 600. The number of hydrogen-bond acceptors (Lipinski definition) is 3. The van der Waals surface area contributed by atoms with E-state index in [9.17, 15) is 4.79 Å². The summed E-state index contributed by atoms with van der Waals surface area (Å²) < 4.78 is 1.71. The van der Waals surface area contributed by atoms with E-state index in [0.717, 1.165) is 24.1 Å². The van der Waals surface area contributed by atoms with Crippen LogP contribution >= 0.6 is 0 Å². The Labute approximate surface area is 111 Å². The van der Waals surface area contributed by atoms with Crippen LogP contribution in [0.15, 0.2) is 18.5 Å². The number of carbonyl (C=O) groups is 1. The summed E-state index contributed by atoms with van der Waals surface area (Å²) in [6, 6.07) is 1.81. The molecule has 1 aliphatic rings. The van der Waals surface area contributed by atoms with Gasteiger partial charge in [0.1, 0.15) is 0 Å². The summed E-state index contributed by atoms with van der Waals surface area (Å²) in [7, 11) is 0. The van der Waals surface area contributed by atoms with Gasteiger partial charge < -0.3 is 5.11 Å². The van der Waals surface area contributed by atoms with Gasteiger partial charge in [0, 0.05) is 23.9 Å². The van der Waals surface area contributed by atoms with Crippen LogP contribution in [0.25, 0.3) is 5.65 Å². The molecule has 2 heterocycles. The van der Waals surface area contributed by atoms with E-state index in [1.807, 2.05) is 12.3 Å². The van der Waals surface area contributed by atoms with E-state index in [4.69, 9.17) is 5.11 Å². The highest BCUT2D eigenvalue weighted by atomic mass is 16.4. The molecule has 0 amide bonds. The van der Waals surface area contributed by atoms with Crippen LogP contribution in [0.3, 0.4) is 0 Å². The Morgan fingerprint density at radius 1 is 1.37 bits per heavy atom. The molecule has 5 nitrogen and oxygen atoms in total. The molecule has 0 radical (unpaired) electrons. The minimum Gasteiger partial charge on any atom is -0.481 e. The number of carboxylic acids is 1. The highest BCUT2D eigenvalue weighted by molar-refractivity contribution is 5.74. The van der Waals surface area contributed by atoms with Crippen LogP contribution in [-0.4, -0.2) is 25.7 Å². The zero-order valence-corrected chi connectivity index (χ0v) is 10.7. The third kappa shape index (κ3) is 2.32. The number of aliphatic carboxylic acids is 1. The van der Waals surface area contributed by atoms with E-state index in [1.165, 1.54) is 19.3 Å². The Hall–Kier alpha value is -1.91. The minimum absolute atomic E-state index is 0.00630. The van der Waals surface area contributed by atoms with Crippen molar-refractivity contribution < 1.29 is 9.90 Å². The summed E-state index contributed by atoms with van der Waals surface area (Å²) in [5, 5.41) is 13.7. The standard InChI is InChI=1S/C14H17N3O2/c18-12(19)9-11-13(10-5-2-1-3-6-10)16-17-8-4-7-15-14(11)17/h4,7-8,10H,1-3,5-6,9H2,(H,18,19). The highest BCUT2D eigenvalue weighted by Gasteiger charge is 2.24. The third-order valence-electron chi connectivity index (χ3n) is 3.84. The molecular formula is C14H17N3O2. The largest absolute Gasteiger partial charge is 0.481 e. The summed E-state index contributed by atoms with van der Waals surface area (Å²) in [5.41, 5.74) is 2.42. The fourth-order valence-corrected chi connectivity index (χ4v) is 2.98. The summed E-state index contributed by atoms with van der Waals surface area (Å²) in [6.07, 6.45) is 9.43. The number of fused-ring (bicyclic) bond motifs is 1. The number of aromatic nitrogens is 3. The van der Waals surface area contributed by atoms with Gasteiger partial charge in [-0.05, 0) is 18.9 Å². The molecule has 100 valence electrons. The molecule has 0 atom stereocenters. The second kappa shape index (κ2) is 4.99. The van der Waals surface area contributed by atoms with Crippen molar-refractivity contribution in [3.05, 3.63) is 29.7 Å². The van der Waals surface area contributed by atoms with Crippen molar-refractivity contribution in [2.75, 3.05) is 0 Å². The molecule has 1 aliphatic carbocycles. The van der Waals surface area contributed by atoms with Gasteiger partial charge in [0.05, 0.1) is 12.1 Å². The topological polar surface area (TPSA) is 67.5 Å². The first-order valence-electron chi connectivity index (χ1n) is 6.79. The van der Waals surface area contributed by atoms with E-state index in [0.29, 0.717) is 11.6 Å². The maximum atomic E-state index is 11.1. The molecule has 0 saturated heterocycles. The van der Waals surface area contributed by atoms with Crippen molar-refractivity contribution in [3.8, 4) is 0 Å². The lowest BCUT2D eigenvalue weighted by molar-refractivity contribution is -0.136. The van der Waals surface area contributed by atoms with Crippen LogP contribution < -0.4 is 0 Å². The van der Waals surface area contributed by atoms with Gasteiger partial charge in [-0.25, -0.2) is 9.50 Å². The van der Waals surface area contributed by atoms with Gasteiger partial charge in [-0.15, -0.1) is 0 Å². The number of hydrogen-bond donors (Lipinski definition) is 1. The molecule has 2 aromatic rings. The Morgan fingerprint density at radius 3 is 2.89 bits per heavy atom.